The van der Waals surface area contributed by atoms with E-state index in [1.165, 1.54) is 24.5 Å². The Morgan fingerprint density at radius 3 is 2.74 bits per heavy atom. The van der Waals surface area contributed by atoms with Crippen molar-refractivity contribution in [1.82, 2.24) is 0 Å². The number of benzene rings is 1. The van der Waals surface area contributed by atoms with Crippen LogP contribution in [0.2, 0.25) is 0 Å². The molecule has 0 aliphatic heterocycles. The Morgan fingerprint density at radius 1 is 1.26 bits per heavy atom. The first-order chi connectivity index (χ1) is 12.9. The number of carbonyl (C=O) groups is 2. The summed E-state index contributed by atoms with van der Waals surface area (Å²) in [5, 5.41) is 5.40. The first-order valence-electron chi connectivity index (χ1n) is 8.16. The fraction of sp³-hybridized carbons (Fsp3) is 0.200. The molecule has 1 N–H and O–H groups in total. The average Bonchev–Trinajstić information content (AvgIpc) is 3.26. The molecule has 140 valence electrons. The lowest BCUT2D eigenvalue weighted by Gasteiger charge is -2.10. The lowest BCUT2D eigenvalue weighted by Crippen LogP contribution is -2.11. The van der Waals surface area contributed by atoms with Gasteiger partial charge in [0.2, 0.25) is 5.91 Å². The van der Waals surface area contributed by atoms with Crippen LogP contribution in [0.1, 0.15) is 27.7 Å². The van der Waals surface area contributed by atoms with E-state index >= 15 is 0 Å². The van der Waals surface area contributed by atoms with Gasteiger partial charge in [0.15, 0.2) is 0 Å². The number of carbonyl (C=O) groups excluding carboxylic acids is 2. The number of fused-ring (bicyclic) bond motifs is 1. The molecule has 2 heterocycles. The van der Waals surface area contributed by atoms with Gasteiger partial charge < -0.3 is 19.2 Å². The van der Waals surface area contributed by atoms with E-state index in [9.17, 15) is 9.59 Å². The van der Waals surface area contributed by atoms with Gasteiger partial charge in [-0.25, -0.2) is 4.79 Å². The number of nitrogens with one attached hydrogen (secondary N) is 1. The van der Waals surface area contributed by atoms with Gasteiger partial charge in [0.05, 0.1) is 26.2 Å². The van der Waals surface area contributed by atoms with E-state index in [-0.39, 0.29) is 5.91 Å². The molecule has 7 heteroatoms. The van der Waals surface area contributed by atoms with Crippen molar-refractivity contribution in [3.63, 3.8) is 0 Å². The van der Waals surface area contributed by atoms with Gasteiger partial charge in [-0.3, -0.25) is 4.79 Å². The molecule has 2 aromatic heterocycles. The number of anilines is 1. The van der Waals surface area contributed by atoms with Crippen molar-refractivity contribution in [3.05, 3.63) is 51.9 Å². The van der Waals surface area contributed by atoms with Gasteiger partial charge in [-0.1, -0.05) is 0 Å². The second-order valence-corrected chi connectivity index (χ2v) is 6.86. The van der Waals surface area contributed by atoms with E-state index in [0.29, 0.717) is 16.3 Å². The highest BCUT2D eigenvalue weighted by Crippen LogP contribution is 2.33. The van der Waals surface area contributed by atoms with Gasteiger partial charge in [0, 0.05) is 23.1 Å². The van der Waals surface area contributed by atoms with Crippen LogP contribution in [-0.4, -0.2) is 26.1 Å². The topological polar surface area (TPSA) is 77.8 Å². The number of rotatable bonds is 5. The molecule has 0 spiro atoms. The highest BCUT2D eigenvalue weighted by atomic mass is 32.1. The summed E-state index contributed by atoms with van der Waals surface area (Å²) < 4.78 is 15.7. The number of furan rings is 1. The van der Waals surface area contributed by atoms with Crippen molar-refractivity contribution < 1.29 is 23.5 Å². The normalized spacial score (nSPS) is 11.5. The maximum atomic E-state index is 12.4. The van der Waals surface area contributed by atoms with Crippen LogP contribution >= 0.6 is 11.3 Å². The maximum Gasteiger partial charge on any atom is 0.350 e. The molecule has 0 aliphatic carbocycles. The fourth-order valence-corrected chi connectivity index (χ4v) is 3.53. The molecule has 0 saturated heterocycles. The van der Waals surface area contributed by atoms with E-state index in [2.05, 4.69) is 5.32 Å². The van der Waals surface area contributed by atoms with E-state index in [1.807, 2.05) is 19.9 Å². The number of hydrogen-bond donors (Lipinski definition) is 1. The van der Waals surface area contributed by atoms with Crippen molar-refractivity contribution in [2.45, 2.75) is 13.8 Å². The quantitative estimate of drug-likeness (QED) is 0.511. The fourth-order valence-electron chi connectivity index (χ4n) is 2.76. The van der Waals surface area contributed by atoms with Crippen molar-refractivity contribution in [2.75, 3.05) is 19.5 Å². The van der Waals surface area contributed by atoms with Crippen molar-refractivity contribution >= 4 is 45.4 Å². The summed E-state index contributed by atoms with van der Waals surface area (Å²) in [6.45, 7) is 3.78. The average molecular weight is 385 g/mol. The molecule has 0 saturated carbocycles. The second-order valence-electron chi connectivity index (χ2n) is 5.94. The van der Waals surface area contributed by atoms with E-state index in [0.717, 1.165) is 27.7 Å². The molecule has 3 rings (SSSR count). The summed E-state index contributed by atoms with van der Waals surface area (Å²) in [5.74, 6) is -0.213. The minimum Gasteiger partial charge on any atom is -0.496 e. The lowest BCUT2D eigenvalue weighted by atomic mass is 10.0. The Morgan fingerprint density at radius 2 is 2.04 bits per heavy atom. The zero-order valence-electron chi connectivity index (χ0n) is 15.4. The third-order valence-corrected chi connectivity index (χ3v) is 5.05. The standard InChI is InChI=1S/C20H19NO5S/c1-11(7-18(22)21-15-5-6-27-19(15)20(23)25-4)13-8-14-12(2)10-26-17(14)9-16(13)24-3/h5-10H,1-4H3,(H,21,22)/b11-7+. The van der Waals surface area contributed by atoms with Gasteiger partial charge >= 0.3 is 5.97 Å². The number of ether oxygens (including phenoxy) is 2. The zero-order chi connectivity index (χ0) is 19.6. The molecule has 0 fully saturated rings. The summed E-state index contributed by atoms with van der Waals surface area (Å²) in [5.41, 5.74) is 3.68. The summed E-state index contributed by atoms with van der Waals surface area (Å²) in [4.78, 5) is 24.5. The maximum absolute atomic E-state index is 12.4. The highest BCUT2D eigenvalue weighted by Gasteiger charge is 2.16. The third kappa shape index (κ3) is 3.73. The third-order valence-electron chi connectivity index (χ3n) is 4.16. The smallest absolute Gasteiger partial charge is 0.350 e. The van der Waals surface area contributed by atoms with Crippen LogP contribution in [0.3, 0.4) is 0 Å². The Hall–Kier alpha value is -3.06. The van der Waals surface area contributed by atoms with Gasteiger partial charge in [-0.15, -0.1) is 11.3 Å². The lowest BCUT2D eigenvalue weighted by molar-refractivity contribution is -0.111. The second kappa shape index (κ2) is 7.67. The predicted molar refractivity (Wildman–Crippen MR) is 105 cm³/mol. The van der Waals surface area contributed by atoms with Gasteiger partial charge in [0.25, 0.3) is 0 Å². The minimum absolute atomic E-state index is 0.345. The number of amides is 1. The molecule has 0 atom stereocenters. The van der Waals surface area contributed by atoms with Crippen LogP contribution < -0.4 is 10.1 Å². The van der Waals surface area contributed by atoms with Crippen LogP contribution in [0.5, 0.6) is 5.75 Å². The molecule has 0 bridgehead atoms. The van der Waals surface area contributed by atoms with Crippen molar-refractivity contribution in [1.29, 1.82) is 0 Å². The predicted octanol–water partition coefficient (Wildman–Crippen LogP) is 4.64. The van der Waals surface area contributed by atoms with Crippen LogP contribution in [0.25, 0.3) is 16.5 Å². The number of allylic oxidation sites excluding steroid dienone is 1. The molecular weight excluding hydrogens is 366 g/mol. The summed E-state index contributed by atoms with van der Waals surface area (Å²) in [6, 6.07) is 5.41. The first-order valence-corrected chi connectivity index (χ1v) is 9.04. The van der Waals surface area contributed by atoms with Crippen LogP contribution in [0.4, 0.5) is 5.69 Å². The van der Waals surface area contributed by atoms with E-state index in [4.69, 9.17) is 13.9 Å². The van der Waals surface area contributed by atoms with E-state index < -0.39 is 5.97 Å². The molecule has 0 unspecified atom stereocenters. The Bertz CT molecular complexity index is 1040. The molecule has 3 aromatic rings. The number of methoxy groups -OCH3 is 2. The molecule has 1 aromatic carbocycles. The van der Waals surface area contributed by atoms with Gasteiger partial charge in [0.1, 0.15) is 16.2 Å². The Kier molecular flexibility index (Phi) is 5.32. The van der Waals surface area contributed by atoms with Gasteiger partial charge in [-0.2, -0.15) is 0 Å². The largest absolute Gasteiger partial charge is 0.496 e. The van der Waals surface area contributed by atoms with Gasteiger partial charge in [-0.05, 0) is 42.5 Å². The number of thiophene rings is 1. The van der Waals surface area contributed by atoms with Crippen molar-refractivity contribution in [3.8, 4) is 5.75 Å². The van der Waals surface area contributed by atoms with Crippen molar-refractivity contribution in [2.24, 2.45) is 0 Å². The summed E-state index contributed by atoms with van der Waals surface area (Å²) in [6.07, 6.45) is 3.16. The first kappa shape index (κ1) is 18.7. The summed E-state index contributed by atoms with van der Waals surface area (Å²) in [7, 11) is 2.87. The number of aryl methyl sites for hydroxylation is 1. The minimum atomic E-state index is -0.483. The van der Waals surface area contributed by atoms with Crippen LogP contribution in [0.15, 0.2) is 40.3 Å². The molecule has 0 aliphatic rings. The zero-order valence-corrected chi connectivity index (χ0v) is 16.2. The SMILES string of the molecule is COC(=O)c1sccc1NC(=O)/C=C(\C)c1cc2c(C)coc2cc1OC. The Balaban J connectivity index is 1.90. The highest BCUT2D eigenvalue weighted by molar-refractivity contribution is 7.12. The Labute approximate surface area is 160 Å². The monoisotopic (exact) mass is 385 g/mol. The molecule has 0 radical (unpaired) electrons. The molecule has 27 heavy (non-hydrogen) atoms. The van der Waals surface area contributed by atoms with Crippen LogP contribution in [0, 0.1) is 6.92 Å². The molecule has 6 nitrogen and oxygen atoms in total. The van der Waals surface area contributed by atoms with Crippen LogP contribution in [-0.2, 0) is 9.53 Å². The molecular formula is C20H19NO5S. The van der Waals surface area contributed by atoms with E-state index in [1.54, 1.807) is 30.9 Å². The summed E-state index contributed by atoms with van der Waals surface area (Å²) >= 11 is 1.21. The number of hydrogen-bond acceptors (Lipinski definition) is 6. The molecule has 1 amide bonds. The number of esters is 1.